The summed E-state index contributed by atoms with van der Waals surface area (Å²) in [4.78, 5) is 32.3. The SMILES string of the molecule is CCC(C)CN(CC(=O)N1CCc2sccc2C1COc1ccc(C(C)C)cc1)C(=O)c1ccc(OC)cc1. The van der Waals surface area contributed by atoms with E-state index in [0.717, 1.165) is 24.2 Å². The van der Waals surface area contributed by atoms with Gasteiger partial charge >= 0.3 is 0 Å². The monoisotopic (exact) mass is 548 g/mol. The number of hydrogen-bond acceptors (Lipinski definition) is 5. The lowest BCUT2D eigenvalue weighted by Gasteiger charge is -2.37. The number of carbonyl (C=O) groups is 2. The Labute approximate surface area is 236 Å². The van der Waals surface area contributed by atoms with E-state index in [1.54, 1.807) is 47.6 Å². The van der Waals surface area contributed by atoms with Crippen molar-refractivity contribution >= 4 is 23.2 Å². The van der Waals surface area contributed by atoms with Crippen molar-refractivity contribution in [2.24, 2.45) is 5.92 Å². The second kappa shape index (κ2) is 13.2. The smallest absolute Gasteiger partial charge is 0.254 e. The number of rotatable bonds is 11. The van der Waals surface area contributed by atoms with Gasteiger partial charge in [-0.1, -0.05) is 46.2 Å². The van der Waals surface area contributed by atoms with Crippen molar-refractivity contribution < 1.29 is 19.1 Å². The minimum Gasteiger partial charge on any atom is -0.497 e. The van der Waals surface area contributed by atoms with E-state index in [2.05, 4.69) is 51.3 Å². The summed E-state index contributed by atoms with van der Waals surface area (Å²) in [6.07, 6.45) is 1.74. The summed E-state index contributed by atoms with van der Waals surface area (Å²) in [5.74, 6) is 2.02. The van der Waals surface area contributed by atoms with Crippen LogP contribution >= 0.6 is 11.3 Å². The van der Waals surface area contributed by atoms with Gasteiger partial charge in [0.25, 0.3) is 5.91 Å². The molecule has 1 aliphatic heterocycles. The van der Waals surface area contributed by atoms with E-state index in [-0.39, 0.29) is 30.3 Å². The molecular weight excluding hydrogens is 508 g/mol. The first-order chi connectivity index (χ1) is 18.8. The van der Waals surface area contributed by atoms with Crippen LogP contribution in [0.25, 0.3) is 0 Å². The van der Waals surface area contributed by atoms with Crippen LogP contribution in [0.3, 0.4) is 0 Å². The normalized spacial score (nSPS) is 15.5. The van der Waals surface area contributed by atoms with Crippen LogP contribution in [0.4, 0.5) is 0 Å². The summed E-state index contributed by atoms with van der Waals surface area (Å²) in [5.41, 5.74) is 2.96. The Morgan fingerprint density at radius 2 is 1.72 bits per heavy atom. The summed E-state index contributed by atoms with van der Waals surface area (Å²) in [5, 5.41) is 2.09. The summed E-state index contributed by atoms with van der Waals surface area (Å²) in [6.45, 7) is 10.1. The van der Waals surface area contributed by atoms with Crippen molar-refractivity contribution in [3.8, 4) is 11.5 Å². The van der Waals surface area contributed by atoms with E-state index in [9.17, 15) is 9.59 Å². The number of hydrogen-bond donors (Lipinski definition) is 0. The second-order valence-corrected chi connectivity index (χ2v) is 11.6. The molecular formula is C32H40N2O4S. The Morgan fingerprint density at radius 1 is 1.03 bits per heavy atom. The number of fused-ring (bicyclic) bond motifs is 1. The van der Waals surface area contributed by atoms with E-state index < -0.39 is 0 Å². The predicted molar refractivity (Wildman–Crippen MR) is 157 cm³/mol. The van der Waals surface area contributed by atoms with Crippen LogP contribution in [0.1, 0.15) is 72.4 Å². The van der Waals surface area contributed by atoms with Crippen molar-refractivity contribution in [3.05, 3.63) is 81.5 Å². The predicted octanol–water partition coefficient (Wildman–Crippen LogP) is 6.57. The molecule has 208 valence electrons. The fraction of sp³-hybridized carbons (Fsp3) is 0.438. The van der Waals surface area contributed by atoms with Gasteiger partial charge in [0.1, 0.15) is 24.7 Å². The molecule has 2 atom stereocenters. The van der Waals surface area contributed by atoms with Gasteiger partial charge in [0.2, 0.25) is 5.91 Å². The third kappa shape index (κ3) is 7.01. The zero-order valence-corrected chi connectivity index (χ0v) is 24.5. The Balaban J connectivity index is 1.52. The minimum absolute atomic E-state index is 0.0360. The van der Waals surface area contributed by atoms with Crippen LogP contribution in [0, 0.1) is 5.92 Å². The molecule has 0 fully saturated rings. The number of ether oxygens (including phenoxy) is 2. The van der Waals surface area contributed by atoms with Crippen molar-refractivity contribution in [2.75, 3.05) is 33.4 Å². The minimum atomic E-state index is -0.196. The number of benzene rings is 2. The topological polar surface area (TPSA) is 59.1 Å². The maximum Gasteiger partial charge on any atom is 0.254 e. The maximum absolute atomic E-state index is 13.8. The van der Waals surface area contributed by atoms with Crippen LogP contribution in [0.15, 0.2) is 60.0 Å². The highest BCUT2D eigenvalue weighted by Crippen LogP contribution is 2.34. The maximum atomic E-state index is 13.8. The summed E-state index contributed by atoms with van der Waals surface area (Å²) >= 11 is 1.73. The molecule has 0 bridgehead atoms. The van der Waals surface area contributed by atoms with E-state index in [0.29, 0.717) is 36.9 Å². The number of thiophene rings is 1. The van der Waals surface area contributed by atoms with Gasteiger partial charge < -0.3 is 19.3 Å². The fourth-order valence-electron chi connectivity index (χ4n) is 4.89. The molecule has 0 N–H and O–H groups in total. The Bertz CT molecular complexity index is 1240. The molecule has 0 aliphatic carbocycles. The quantitative estimate of drug-likeness (QED) is 0.272. The van der Waals surface area contributed by atoms with Crippen molar-refractivity contribution in [2.45, 2.75) is 52.5 Å². The second-order valence-electron chi connectivity index (χ2n) is 10.6. The first-order valence-corrected chi connectivity index (χ1v) is 14.7. The lowest BCUT2D eigenvalue weighted by atomic mass is 10.00. The molecule has 0 saturated heterocycles. The van der Waals surface area contributed by atoms with Crippen LogP contribution < -0.4 is 9.47 Å². The third-order valence-electron chi connectivity index (χ3n) is 7.55. The van der Waals surface area contributed by atoms with Gasteiger partial charge in [-0.2, -0.15) is 0 Å². The molecule has 2 heterocycles. The van der Waals surface area contributed by atoms with Crippen molar-refractivity contribution in [1.29, 1.82) is 0 Å². The highest BCUT2D eigenvalue weighted by Gasteiger charge is 2.34. The van der Waals surface area contributed by atoms with Crippen LogP contribution in [0.2, 0.25) is 0 Å². The summed E-state index contributed by atoms with van der Waals surface area (Å²) < 4.78 is 11.5. The summed E-state index contributed by atoms with van der Waals surface area (Å²) in [7, 11) is 1.60. The Morgan fingerprint density at radius 3 is 2.36 bits per heavy atom. The van der Waals surface area contributed by atoms with Crippen LogP contribution in [-0.4, -0.2) is 55.0 Å². The molecule has 0 saturated carbocycles. The molecule has 2 unspecified atom stereocenters. The first-order valence-electron chi connectivity index (χ1n) is 13.8. The van der Waals surface area contributed by atoms with Gasteiger partial charge in [-0.15, -0.1) is 11.3 Å². The number of nitrogens with zero attached hydrogens (tertiary/aromatic N) is 2. The van der Waals surface area contributed by atoms with Gasteiger partial charge in [-0.25, -0.2) is 0 Å². The lowest BCUT2D eigenvalue weighted by molar-refractivity contribution is -0.135. The molecule has 0 spiro atoms. The average Bonchev–Trinajstić information content (AvgIpc) is 3.44. The molecule has 2 amide bonds. The molecule has 0 radical (unpaired) electrons. The number of carbonyl (C=O) groups excluding carboxylic acids is 2. The van der Waals surface area contributed by atoms with Crippen LogP contribution in [-0.2, 0) is 11.2 Å². The van der Waals surface area contributed by atoms with Gasteiger partial charge in [-0.3, -0.25) is 9.59 Å². The molecule has 3 aromatic rings. The molecule has 39 heavy (non-hydrogen) atoms. The van der Waals surface area contributed by atoms with Gasteiger partial charge in [0, 0.05) is 23.5 Å². The first kappa shape index (κ1) is 28.7. The van der Waals surface area contributed by atoms with E-state index in [1.165, 1.54) is 10.4 Å². The zero-order valence-electron chi connectivity index (χ0n) is 23.7. The number of amides is 2. The molecule has 2 aromatic carbocycles. The standard InChI is InChI=1S/C32H40N2O4S/c1-6-23(4)19-33(32(36)25-9-11-26(37-5)12-10-25)20-31(35)34-17-15-30-28(16-18-39-30)29(34)21-38-27-13-7-24(8-14-27)22(2)3/h7-14,16,18,22-23,29H,6,15,17,19-21H2,1-5H3. The third-order valence-corrected chi connectivity index (χ3v) is 8.55. The zero-order chi connectivity index (χ0) is 27.9. The molecule has 4 rings (SSSR count). The van der Waals surface area contributed by atoms with Gasteiger partial charge in [0.05, 0.1) is 13.2 Å². The largest absolute Gasteiger partial charge is 0.497 e. The van der Waals surface area contributed by atoms with Gasteiger partial charge in [-0.05, 0) is 77.2 Å². The summed E-state index contributed by atoms with van der Waals surface area (Å²) in [6, 6.07) is 17.2. The molecule has 1 aliphatic rings. The molecule has 6 nitrogen and oxygen atoms in total. The molecule has 1 aromatic heterocycles. The fourth-order valence-corrected chi connectivity index (χ4v) is 5.82. The van der Waals surface area contributed by atoms with E-state index in [4.69, 9.17) is 9.47 Å². The van der Waals surface area contributed by atoms with Crippen LogP contribution in [0.5, 0.6) is 11.5 Å². The van der Waals surface area contributed by atoms with E-state index >= 15 is 0 Å². The van der Waals surface area contributed by atoms with Crippen molar-refractivity contribution in [3.63, 3.8) is 0 Å². The van der Waals surface area contributed by atoms with Crippen molar-refractivity contribution in [1.82, 2.24) is 9.80 Å². The Hall–Kier alpha value is -3.32. The highest BCUT2D eigenvalue weighted by molar-refractivity contribution is 7.10. The van der Waals surface area contributed by atoms with E-state index in [1.807, 2.05) is 17.0 Å². The number of methoxy groups -OCH3 is 1. The lowest BCUT2D eigenvalue weighted by Crippen LogP contribution is -2.48. The van der Waals surface area contributed by atoms with Gasteiger partial charge in [0.15, 0.2) is 0 Å². The average molecular weight is 549 g/mol. The Kier molecular flexibility index (Phi) is 9.68. The highest BCUT2D eigenvalue weighted by atomic mass is 32.1. The molecule has 7 heteroatoms.